The molecule has 5 heteroatoms. The average Bonchev–Trinajstić information content (AvgIpc) is 2.61. The molecule has 126 valence electrons. The number of ether oxygens (including phenoxy) is 1. The largest absolute Gasteiger partial charge is 0.489 e. The van der Waals surface area contributed by atoms with E-state index >= 15 is 0 Å². The summed E-state index contributed by atoms with van der Waals surface area (Å²) < 4.78 is 6.04. The fourth-order valence-corrected chi connectivity index (χ4v) is 3.76. The van der Waals surface area contributed by atoms with Gasteiger partial charge in [-0.2, -0.15) is 0 Å². The summed E-state index contributed by atoms with van der Waals surface area (Å²) in [5.74, 6) is 0.667. The molecule has 0 radical (unpaired) electrons. The summed E-state index contributed by atoms with van der Waals surface area (Å²) in [6.45, 7) is 0.481. The van der Waals surface area contributed by atoms with E-state index in [1.165, 1.54) is 0 Å². The lowest BCUT2D eigenvalue weighted by atomic mass is 9.58. The van der Waals surface area contributed by atoms with Crippen LogP contribution in [0.15, 0.2) is 48.5 Å². The minimum atomic E-state index is -1.31. The van der Waals surface area contributed by atoms with Crippen molar-refractivity contribution in [2.45, 2.75) is 44.0 Å². The minimum absolute atomic E-state index is 0.0585. The maximum atomic E-state index is 9.76. The first kappa shape index (κ1) is 17.3. The first-order chi connectivity index (χ1) is 11.6. The average molecular weight is 345 g/mol. The van der Waals surface area contributed by atoms with E-state index in [4.69, 9.17) is 16.3 Å². The van der Waals surface area contributed by atoms with E-state index in [-0.39, 0.29) is 11.7 Å². The Morgan fingerprint density at radius 2 is 1.79 bits per heavy atom. The maximum Gasteiger partial charge on any atom is 0.455 e. The quantitative estimate of drug-likeness (QED) is 0.789. The molecule has 2 N–H and O–H groups in total. The second-order valence-electron chi connectivity index (χ2n) is 6.42. The second kappa shape index (κ2) is 8.06. The molecule has 0 aromatic heterocycles. The fraction of sp³-hybridized carbons (Fsp3) is 0.368. The third-order valence-corrected chi connectivity index (χ3v) is 5.05. The van der Waals surface area contributed by atoms with Crippen molar-refractivity contribution in [2.75, 3.05) is 0 Å². The Labute approximate surface area is 148 Å². The van der Waals surface area contributed by atoms with Crippen LogP contribution in [0.2, 0.25) is 10.8 Å². The molecule has 24 heavy (non-hydrogen) atoms. The van der Waals surface area contributed by atoms with Crippen molar-refractivity contribution in [1.82, 2.24) is 0 Å². The predicted octanol–water partition coefficient (Wildman–Crippen LogP) is 4.42. The Morgan fingerprint density at radius 3 is 2.54 bits per heavy atom. The molecule has 3 rings (SSSR count). The van der Waals surface area contributed by atoms with Crippen molar-refractivity contribution in [3.63, 3.8) is 0 Å². The van der Waals surface area contributed by atoms with E-state index < -0.39 is 7.12 Å². The Morgan fingerprint density at radius 1 is 1.04 bits per heavy atom. The summed E-state index contributed by atoms with van der Waals surface area (Å²) in [6, 6.07) is 15.6. The molecule has 0 spiro atoms. The van der Waals surface area contributed by atoms with E-state index in [1.54, 1.807) is 0 Å². The van der Waals surface area contributed by atoms with Crippen LogP contribution in [0.25, 0.3) is 0 Å². The summed E-state index contributed by atoms with van der Waals surface area (Å²) in [5.41, 5.74) is 2.08. The zero-order chi connectivity index (χ0) is 16.9. The lowest BCUT2D eigenvalue weighted by Crippen LogP contribution is -2.28. The number of hydrogen-bond donors (Lipinski definition) is 2. The van der Waals surface area contributed by atoms with Crippen LogP contribution in [0, 0.1) is 0 Å². The number of rotatable bonds is 5. The highest BCUT2D eigenvalue weighted by molar-refractivity contribution is 6.43. The van der Waals surface area contributed by atoms with Crippen molar-refractivity contribution in [3.05, 3.63) is 64.7 Å². The van der Waals surface area contributed by atoms with Crippen LogP contribution in [0.5, 0.6) is 5.75 Å². The monoisotopic (exact) mass is 344 g/mol. The summed E-state index contributed by atoms with van der Waals surface area (Å²) in [4.78, 5) is 0. The van der Waals surface area contributed by atoms with E-state index in [0.29, 0.717) is 11.6 Å². The van der Waals surface area contributed by atoms with Gasteiger partial charge in [-0.25, -0.2) is 0 Å². The lowest BCUT2D eigenvalue weighted by molar-refractivity contribution is 0.290. The van der Waals surface area contributed by atoms with Crippen LogP contribution in [0.4, 0.5) is 0 Å². The molecule has 1 saturated carbocycles. The summed E-state index contributed by atoms with van der Waals surface area (Å²) >= 11 is 6.20. The maximum absolute atomic E-state index is 9.76. The summed E-state index contributed by atoms with van der Waals surface area (Å²) in [5, 5.41) is 20.2. The van der Waals surface area contributed by atoms with Crippen molar-refractivity contribution < 1.29 is 14.8 Å². The SMILES string of the molecule is OB(O)C1CCCCC1c1cc(Cl)ccc1OCc1ccccc1. The van der Waals surface area contributed by atoms with Gasteiger partial charge < -0.3 is 14.8 Å². The van der Waals surface area contributed by atoms with E-state index in [0.717, 1.165) is 42.6 Å². The van der Waals surface area contributed by atoms with Crippen molar-refractivity contribution in [3.8, 4) is 5.75 Å². The predicted molar refractivity (Wildman–Crippen MR) is 97.4 cm³/mol. The molecule has 1 fully saturated rings. The van der Waals surface area contributed by atoms with Crippen LogP contribution in [0.3, 0.4) is 0 Å². The molecule has 2 unspecified atom stereocenters. The van der Waals surface area contributed by atoms with Gasteiger partial charge >= 0.3 is 7.12 Å². The van der Waals surface area contributed by atoms with E-state index in [2.05, 4.69) is 0 Å². The topological polar surface area (TPSA) is 49.7 Å². The van der Waals surface area contributed by atoms with Crippen LogP contribution in [-0.2, 0) is 6.61 Å². The van der Waals surface area contributed by atoms with Gasteiger partial charge in [0, 0.05) is 10.8 Å². The smallest absolute Gasteiger partial charge is 0.455 e. The number of halogens is 1. The molecule has 2 aromatic rings. The van der Waals surface area contributed by atoms with Gasteiger partial charge in [-0.3, -0.25) is 0 Å². The van der Waals surface area contributed by atoms with Crippen LogP contribution >= 0.6 is 11.6 Å². The van der Waals surface area contributed by atoms with Crippen LogP contribution in [0.1, 0.15) is 42.7 Å². The van der Waals surface area contributed by atoms with Gasteiger partial charge in [0.05, 0.1) is 0 Å². The normalized spacial score (nSPS) is 20.6. The molecule has 0 aliphatic heterocycles. The molecule has 2 atom stereocenters. The highest BCUT2D eigenvalue weighted by Crippen LogP contribution is 2.46. The van der Waals surface area contributed by atoms with E-state index in [1.807, 2.05) is 48.5 Å². The minimum Gasteiger partial charge on any atom is -0.489 e. The Kier molecular flexibility index (Phi) is 5.82. The third-order valence-electron chi connectivity index (χ3n) is 4.81. The third kappa shape index (κ3) is 4.13. The van der Waals surface area contributed by atoms with Gasteiger partial charge in [-0.05, 0) is 41.7 Å². The number of benzene rings is 2. The second-order valence-corrected chi connectivity index (χ2v) is 6.86. The summed E-state index contributed by atoms with van der Waals surface area (Å²) in [6.07, 6.45) is 3.84. The standard InChI is InChI=1S/C19H22BClO3/c21-15-10-11-19(24-13-14-6-2-1-3-7-14)17(12-15)16-8-4-5-9-18(16)20(22)23/h1-3,6-7,10-12,16,18,22-23H,4-5,8-9,13H2. The van der Waals surface area contributed by atoms with E-state index in [9.17, 15) is 10.0 Å². The lowest BCUT2D eigenvalue weighted by Gasteiger charge is -2.32. The van der Waals surface area contributed by atoms with Gasteiger partial charge in [0.25, 0.3) is 0 Å². The molecule has 0 heterocycles. The van der Waals surface area contributed by atoms with Crippen molar-refractivity contribution in [2.24, 2.45) is 0 Å². The van der Waals surface area contributed by atoms with Crippen molar-refractivity contribution >= 4 is 18.7 Å². The van der Waals surface area contributed by atoms with Crippen LogP contribution < -0.4 is 4.74 Å². The Hall–Kier alpha value is -1.49. The first-order valence-electron chi connectivity index (χ1n) is 8.47. The molecule has 1 aliphatic carbocycles. The Balaban J connectivity index is 1.84. The molecule has 2 aromatic carbocycles. The highest BCUT2D eigenvalue weighted by atomic mass is 35.5. The highest BCUT2D eigenvalue weighted by Gasteiger charge is 2.36. The first-order valence-corrected chi connectivity index (χ1v) is 8.85. The summed E-state index contributed by atoms with van der Waals surface area (Å²) in [7, 11) is -1.31. The zero-order valence-corrected chi connectivity index (χ0v) is 14.3. The van der Waals surface area contributed by atoms with Gasteiger partial charge in [0.2, 0.25) is 0 Å². The van der Waals surface area contributed by atoms with Gasteiger partial charge in [0.1, 0.15) is 12.4 Å². The zero-order valence-electron chi connectivity index (χ0n) is 13.6. The van der Waals surface area contributed by atoms with Crippen LogP contribution in [-0.4, -0.2) is 17.2 Å². The van der Waals surface area contributed by atoms with Gasteiger partial charge in [-0.15, -0.1) is 0 Å². The molecule has 0 saturated heterocycles. The molecule has 0 amide bonds. The number of hydrogen-bond acceptors (Lipinski definition) is 3. The molecular weight excluding hydrogens is 322 g/mol. The molecule has 3 nitrogen and oxygen atoms in total. The van der Waals surface area contributed by atoms with Crippen molar-refractivity contribution in [1.29, 1.82) is 0 Å². The molecule has 0 bridgehead atoms. The fourth-order valence-electron chi connectivity index (χ4n) is 3.58. The van der Waals surface area contributed by atoms with Gasteiger partial charge in [0.15, 0.2) is 0 Å². The Bertz CT molecular complexity index is 663. The molecule has 1 aliphatic rings. The molecular formula is C19H22BClO3. The van der Waals surface area contributed by atoms with Gasteiger partial charge in [-0.1, -0.05) is 61.2 Å².